The molecule has 2 unspecified atom stereocenters. The van der Waals surface area contributed by atoms with Gasteiger partial charge in [-0.25, -0.2) is 9.18 Å². The number of halogens is 1. The van der Waals surface area contributed by atoms with E-state index in [2.05, 4.69) is 5.32 Å². The van der Waals surface area contributed by atoms with Crippen molar-refractivity contribution >= 4 is 23.3 Å². The summed E-state index contributed by atoms with van der Waals surface area (Å²) in [5.74, 6) is -3.48. The zero-order chi connectivity index (χ0) is 19.5. The Kier molecular flexibility index (Phi) is 3.63. The maximum atomic E-state index is 13.5. The number of fused-ring (bicyclic) bond motifs is 3. The van der Waals surface area contributed by atoms with Crippen LogP contribution in [0.1, 0.15) is 50.1 Å². The van der Waals surface area contributed by atoms with Crippen molar-refractivity contribution in [2.24, 2.45) is 5.92 Å². The predicted octanol–water partition coefficient (Wildman–Crippen LogP) is 2.44. The van der Waals surface area contributed by atoms with Crippen LogP contribution >= 0.6 is 0 Å². The Morgan fingerprint density at radius 2 is 2.11 bits per heavy atom. The quantitative estimate of drug-likeness (QED) is 0.637. The van der Waals surface area contributed by atoms with Crippen LogP contribution in [0, 0.1) is 30.0 Å². The van der Waals surface area contributed by atoms with E-state index >= 15 is 0 Å². The van der Waals surface area contributed by atoms with Crippen molar-refractivity contribution in [2.45, 2.75) is 25.8 Å². The number of carboxylic acid groups (broad SMARTS) is 1. The molecule has 1 aromatic heterocycles. The van der Waals surface area contributed by atoms with Crippen molar-refractivity contribution in [3.63, 3.8) is 0 Å². The number of rotatable bonds is 4. The summed E-state index contributed by atoms with van der Waals surface area (Å²) in [6, 6.07) is 5.44. The van der Waals surface area contributed by atoms with Crippen LogP contribution in [0.2, 0.25) is 0 Å². The largest absolute Gasteiger partial charge is 0.475 e. The molecule has 2 aliphatic rings. The highest BCUT2D eigenvalue weighted by Gasteiger charge is 2.50. The van der Waals surface area contributed by atoms with Gasteiger partial charge in [0.2, 0.25) is 0 Å². The second kappa shape index (κ2) is 5.77. The highest BCUT2D eigenvalue weighted by Crippen LogP contribution is 2.54. The molecule has 2 aromatic rings. The van der Waals surface area contributed by atoms with Crippen LogP contribution in [0.3, 0.4) is 0 Å². The molecule has 4 rings (SSSR count). The molecule has 1 aliphatic carbocycles. The van der Waals surface area contributed by atoms with Crippen molar-refractivity contribution in [1.82, 2.24) is 4.57 Å². The number of nitrogens with zero attached hydrogens (tertiary/aromatic N) is 2. The first-order chi connectivity index (χ1) is 12.8. The molecule has 1 amide bonds. The predicted molar refractivity (Wildman–Crippen MR) is 91.1 cm³/mol. The summed E-state index contributed by atoms with van der Waals surface area (Å²) in [7, 11) is 0. The molecule has 7 nitrogen and oxygen atoms in total. The Morgan fingerprint density at radius 1 is 1.37 bits per heavy atom. The first-order valence-electron chi connectivity index (χ1n) is 8.35. The Hall–Kier alpha value is -3.47. The fourth-order valence-electron chi connectivity index (χ4n) is 3.92. The molecule has 0 radical (unpaired) electrons. The molecule has 2 heterocycles. The summed E-state index contributed by atoms with van der Waals surface area (Å²) in [6.07, 6.45) is 1.46. The van der Waals surface area contributed by atoms with Crippen LogP contribution in [0.15, 0.2) is 18.2 Å². The second-order valence-electron chi connectivity index (χ2n) is 6.83. The van der Waals surface area contributed by atoms with Crippen molar-refractivity contribution in [3.05, 3.63) is 52.1 Å². The summed E-state index contributed by atoms with van der Waals surface area (Å²) in [5, 5.41) is 20.6. The SMILES string of the molecule is Cc1c(C(=O)C(=O)O)c2n(c1C(=O)Nc1ccc(F)c(C#N)c1)C1CC1C2. The van der Waals surface area contributed by atoms with Gasteiger partial charge in [-0.1, -0.05) is 0 Å². The minimum atomic E-state index is -1.56. The fraction of sp³-hybridized carbons (Fsp3) is 0.263. The third-order valence-electron chi connectivity index (χ3n) is 5.20. The fourth-order valence-corrected chi connectivity index (χ4v) is 3.92. The van der Waals surface area contributed by atoms with E-state index in [9.17, 15) is 18.8 Å². The lowest BCUT2D eigenvalue weighted by atomic mass is 10.0. The Balaban J connectivity index is 1.75. The number of Topliss-reactive ketones (excluding diaryl/α,β-unsaturated/α-hetero) is 1. The number of benzene rings is 1. The molecular weight excluding hydrogens is 353 g/mol. The van der Waals surface area contributed by atoms with Gasteiger partial charge in [-0.15, -0.1) is 0 Å². The van der Waals surface area contributed by atoms with E-state index in [0.29, 0.717) is 23.6 Å². The standard InChI is InChI=1S/C19H14FN3O4/c1-8-15(17(24)19(26)27)14-6-9-5-13(9)23(14)16(8)18(25)22-11-2-3-12(20)10(4-11)7-21/h2-4,9,13H,5-6H2,1H3,(H,22,25)(H,26,27). The van der Waals surface area contributed by atoms with Crippen molar-refractivity contribution in [2.75, 3.05) is 5.32 Å². The molecule has 1 fully saturated rings. The highest BCUT2D eigenvalue weighted by molar-refractivity contribution is 6.41. The maximum absolute atomic E-state index is 13.5. The highest BCUT2D eigenvalue weighted by atomic mass is 19.1. The van der Waals surface area contributed by atoms with Crippen LogP contribution in [0.5, 0.6) is 0 Å². The van der Waals surface area contributed by atoms with Gasteiger partial charge in [0.05, 0.1) is 11.1 Å². The summed E-state index contributed by atoms with van der Waals surface area (Å²) in [5.41, 5.74) is 1.27. The summed E-state index contributed by atoms with van der Waals surface area (Å²) in [6.45, 7) is 1.55. The van der Waals surface area contributed by atoms with Gasteiger partial charge < -0.3 is 15.0 Å². The summed E-state index contributed by atoms with van der Waals surface area (Å²) >= 11 is 0. The number of hydrogen-bond acceptors (Lipinski definition) is 4. The third-order valence-corrected chi connectivity index (χ3v) is 5.20. The number of nitrogens with one attached hydrogen (secondary N) is 1. The minimum absolute atomic E-state index is 0.0803. The zero-order valence-corrected chi connectivity index (χ0v) is 14.2. The van der Waals surface area contributed by atoms with E-state index in [1.165, 1.54) is 12.1 Å². The number of carbonyl (C=O) groups excluding carboxylic acids is 2. The van der Waals surface area contributed by atoms with E-state index in [4.69, 9.17) is 10.4 Å². The second-order valence-corrected chi connectivity index (χ2v) is 6.83. The number of amides is 1. The summed E-state index contributed by atoms with van der Waals surface area (Å²) in [4.78, 5) is 36.2. The van der Waals surface area contributed by atoms with Gasteiger partial charge in [0, 0.05) is 17.4 Å². The Morgan fingerprint density at radius 3 is 2.78 bits per heavy atom. The summed E-state index contributed by atoms with van der Waals surface area (Å²) < 4.78 is 15.2. The molecule has 1 aromatic carbocycles. The average Bonchev–Trinajstić information content (AvgIpc) is 3.20. The minimum Gasteiger partial charge on any atom is -0.475 e. The molecule has 0 spiro atoms. The monoisotopic (exact) mass is 367 g/mol. The number of aliphatic carboxylic acids is 1. The van der Waals surface area contributed by atoms with Gasteiger partial charge in [0.25, 0.3) is 11.7 Å². The number of anilines is 1. The molecule has 1 aliphatic heterocycles. The number of aromatic nitrogens is 1. The van der Waals surface area contributed by atoms with Crippen LogP contribution in [0.4, 0.5) is 10.1 Å². The van der Waals surface area contributed by atoms with E-state index < -0.39 is 23.5 Å². The van der Waals surface area contributed by atoms with Gasteiger partial charge in [-0.05, 0) is 49.4 Å². The molecule has 1 saturated carbocycles. The lowest BCUT2D eigenvalue weighted by Crippen LogP contribution is -2.18. The van der Waals surface area contributed by atoms with Gasteiger partial charge in [-0.3, -0.25) is 9.59 Å². The van der Waals surface area contributed by atoms with Gasteiger partial charge in [0.15, 0.2) is 0 Å². The van der Waals surface area contributed by atoms with Crippen molar-refractivity contribution in [3.8, 4) is 6.07 Å². The average molecular weight is 367 g/mol. The van der Waals surface area contributed by atoms with Crippen molar-refractivity contribution < 1.29 is 23.9 Å². The van der Waals surface area contributed by atoms with E-state index in [1.54, 1.807) is 17.6 Å². The lowest BCUT2D eigenvalue weighted by molar-refractivity contribution is -0.131. The van der Waals surface area contributed by atoms with Gasteiger partial charge in [-0.2, -0.15) is 5.26 Å². The number of carboxylic acids is 1. The van der Waals surface area contributed by atoms with Gasteiger partial charge >= 0.3 is 5.97 Å². The van der Waals surface area contributed by atoms with Crippen molar-refractivity contribution in [1.29, 1.82) is 5.26 Å². The number of hydrogen-bond donors (Lipinski definition) is 2. The normalized spacial score (nSPS) is 19.0. The zero-order valence-electron chi connectivity index (χ0n) is 14.2. The maximum Gasteiger partial charge on any atom is 0.377 e. The van der Waals surface area contributed by atoms with Crippen LogP contribution in [-0.4, -0.2) is 27.3 Å². The third kappa shape index (κ3) is 2.51. The Labute approximate surface area is 153 Å². The molecule has 8 heteroatoms. The number of ketones is 1. The smallest absolute Gasteiger partial charge is 0.377 e. The molecule has 0 bridgehead atoms. The molecular formula is C19H14FN3O4. The van der Waals surface area contributed by atoms with Crippen LogP contribution in [-0.2, 0) is 11.2 Å². The first-order valence-corrected chi connectivity index (χ1v) is 8.35. The molecule has 0 saturated heterocycles. The van der Waals surface area contributed by atoms with E-state index in [0.717, 1.165) is 12.5 Å². The topological polar surface area (TPSA) is 112 Å². The first kappa shape index (κ1) is 17.0. The molecule has 27 heavy (non-hydrogen) atoms. The number of nitriles is 1. The Bertz CT molecular complexity index is 1080. The van der Waals surface area contributed by atoms with E-state index in [1.807, 2.05) is 0 Å². The molecule has 2 atom stereocenters. The van der Waals surface area contributed by atoms with Gasteiger partial charge in [0.1, 0.15) is 17.6 Å². The van der Waals surface area contributed by atoms with Crippen LogP contribution in [0.25, 0.3) is 0 Å². The number of carbonyl (C=O) groups is 3. The van der Waals surface area contributed by atoms with Crippen LogP contribution < -0.4 is 5.32 Å². The van der Waals surface area contributed by atoms with E-state index in [-0.39, 0.29) is 28.6 Å². The molecule has 2 N–H and O–H groups in total. The lowest BCUT2D eigenvalue weighted by Gasteiger charge is -2.10. The molecule has 136 valence electrons.